The minimum atomic E-state index is -1.19. The first-order chi connectivity index (χ1) is 22.2. The number of amides is 1. The molecule has 0 radical (unpaired) electrons. The van der Waals surface area contributed by atoms with Gasteiger partial charge in [0.05, 0.1) is 65.3 Å². The maximum atomic E-state index is 15.7. The van der Waals surface area contributed by atoms with Gasteiger partial charge in [-0.25, -0.2) is 9.18 Å². The maximum Gasteiger partial charge on any atom is 0.337 e. The number of halogens is 3. The molecule has 1 amide bonds. The quantitative estimate of drug-likeness (QED) is 0.350. The van der Waals surface area contributed by atoms with Gasteiger partial charge in [-0.05, 0) is 43.5 Å². The van der Waals surface area contributed by atoms with Crippen molar-refractivity contribution in [2.24, 2.45) is 5.41 Å². The number of carbonyl (C=O) groups is 2. The van der Waals surface area contributed by atoms with Crippen LogP contribution in [0.4, 0.5) is 15.8 Å². The lowest BCUT2D eigenvalue weighted by atomic mass is 9.79. The minimum Gasteiger partial charge on any atom is -0.478 e. The number of rotatable bonds is 5. The molecule has 0 aromatic heterocycles. The molecule has 3 aromatic rings. The molecular weight excluding hydrogens is 636 g/mol. The number of benzene rings is 3. The van der Waals surface area contributed by atoms with Gasteiger partial charge >= 0.3 is 5.97 Å². The van der Waals surface area contributed by atoms with Crippen molar-refractivity contribution in [2.75, 3.05) is 56.0 Å². The van der Waals surface area contributed by atoms with Gasteiger partial charge in [0.2, 0.25) is 0 Å². The smallest absolute Gasteiger partial charge is 0.337 e. The predicted octanol–water partition coefficient (Wildman–Crippen LogP) is 6.08. The molecule has 0 aliphatic carbocycles. The summed E-state index contributed by atoms with van der Waals surface area (Å²) in [5.74, 6) is -1.78. The van der Waals surface area contributed by atoms with Crippen molar-refractivity contribution in [3.8, 4) is 16.9 Å². The van der Waals surface area contributed by atoms with Crippen LogP contribution in [0.2, 0.25) is 10.0 Å². The lowest BCUT2D eigenvalue weighted by molar-refractivity contribution is 0.0516. The van der Waals surface area contributed by atoms with Gasteiger partial charge in [-0.1, -0.05) is 41.4 Å². The highest BCUT2D eigenvalue weighted by Crippen LogP contribution is 2.45. The lowest BCUT2D eigenvalue weighted by Crippen LogP contribution is -2.57. The highest BCUT2D eigenvalue weighted by molar-refractivity contribution is 6.40. The Bertz CT molecular complexity index is 1720. The number of nitrogens with zero attached hydrogens (tertiary/aromatic N) is 3. The Kier molecular flexibility index (Phi) is 7.32. The summed E-state index contributed by atoms with van der Waals surface area (Å²) in [4.78, 5) is 31.7. The van der Waals surface area contributed by atoms with Crippen molar-refractivity contribution in [3.05, 3.63) is 75.0 Å². The molecule has 1 spiro atoms. The molecule has 2 atom stereocenters. The molecule has 4 saturated heterocycles. The van der Waals surface area contributed by atoms with Crippen LogP contribution in [-0.2, 0) is 16.0 Å². The van der Waals surface area contributed by atoms with Gasteiger partial charge in [-0.15, -0.1) is 0 Å². The van der Waals surface area contributed by atoms with Crippen LogP contribution < -0.4 is 14.5 Å². The molecule has 8 rings (SSSR count). The van der Waals surface area contributed by atoms with E-state index in [9.17, 15) is 14.7 Å². The van der Waals surface area contributed by atoms with Crippen LogP contribution in [0.25, 0.3) is 11.1 Å². The van der Waals surface area contributed by atoms with Crippen LogP contribution in [0.5, 0.6) is 5.75 Å². The third-order valence-corrected chi connectivity index (χ3v) is 10.7. The molecule has 5 aliphatic heterocycles. The van der Waals surface area contributed by atoms with E-state index < -0.39 is 11.8 Å². The van der Waals surface area contributed by atoms with E-state index in [0.29, 0.717) is 35.8 Å². The second-order valence-corrected chi connectivity index (χ2v) is 13.8. The molecule has 2 unspecified atom stereocenters. The first kappa shape index (κ1) is 29.8. The number of carboxylic acids is 1. The number of anilines is 2. The van der Waals surface area contributed by atoms with E-state index in [1.807, 2.05) is 6.07 Å². The summed E-state index contributed by atoms with van der Waals surface area (Å²) >= 11 is 13.3. The van der Waals surface area contributed by atoms with E-state index in [1.165, 1.54) is 4.90 Å². The number of fused-ring (bicyclic) bond motifs is 3. The van der Waals surface area contributed by atoms with Crippen molar-refractivity contribution in [2.45, 2.75) is 37.9 Å². The number of morpholine rings is 1. The Morgan fingerprint density at radius 2 is 1.72 bits per heavy atom. The van der Waals surface area contributed by atoms with Crippen molar-refractivity contribution >= 4 is 46.5 Å². The summed E-state index contributed by atoms with van der Waals surface area (Å²) in [5.41, 5.74) is 3.06. The zero-order valence-electron chi connectivity index (χ0n) is 24.9. The molecule has 240 valence electrons. The molecule has 0 saturated carbocycles. The molecule has 3 aromatic carbocycles. The minimum absolute atomic E-state index is 0.0350. The lowest BCUT2D eigenvalue weighted by Gasteiger charge is -2.48. The summed E-state index contributed by atoms with van der Waals surface area (Å²) in [6.45, 7) is 4.37. The molecule has 1 N–H and O–H groups in total. The van der Waals surface area contributed by atoms with Gasteiger partial charge < -0.3 is 34.0 Å². The average molecular weight is 669 g/mol. The standard InChI is InChI=1S/C34H32Cl2FN3O6/c35-26-8-22(39-15-34(16-39)6-7-44-17-34)9-27(36)30(26)32(41)38-12-19-2-1-3-23(31(19)46-18-38)24-11-29(25(33(42)43)10-28(24)37)40-20-4-5-21(40)14-45-13-20/h1-3,8-11,20-21H,4-7,12-18H2,(H,42,43). The number of aromatic carboxylic acids is 1. The van der Waals surface area contributed by atoms with E-state index >= 15 is 4.39 Å². The van der Waals surface area contributed by atoms with E-state index in [1.54, 1.807) is 30.3 Å². The third kappa shape index (κ3) is 4.89. The number of para-hydroxylation sites is 1. The molecule has 46 heavy (non-hydrogen) atoms. The zero-order valence-corrected chi connectivity index (χ0v) is 26.5. The van der Waals surface area contributed by atoms with Crippen LogP contribution in [0.1, 0.15) is 45.5 Å². The molecule has 5 heterocycles. The topological polar surface area (TPSA) is 91.8 Å². The second-order valence-electron chi connectivity index (χ2n) is 13.0. The predicted molar refractivity (Wildman–Crippen MR) is 171 cm³/mol. The number of ether oxygens (including phenoxy) is 3. The van der Waals surface area contributed by atoms with Crippen molar-refractivity contribution in [3.63, 3.8) is 0 Å². The van der Waals surface area contributed by atoms with Crippen molar-refractivity contribution in [1.29, 1.82) is 0 Å². The van der Waals surface area contributed by atoms with Crippen molar-refractivity contribution in [1.82, 2.24) is 4.90 Å². The Balaban J connectivity index is 1.06. The van der Waals surface area contributed by atoms with Crippen LogP contribution in [-0.4, -0.2) is 80.2 Å². The number of carbonyl (C=O) groups excluding carboxylic acids is 1. The Hall–Kier alpha value is -3.57. The maximum absolute atomic E-state index is 15.7. The molecule has 4 fully saturated rings. The molecular formula is C34H32Cl2FN3O6. The highest BCUT2D eigenvalue weighted by Gasteiger charge is 2.46. The number of hydrogen-bond acceptors (Lipinski definition) is 7. The number of hydrogen-bond donors (Lipinski definition) is 1. The first-order valence-corrected chi connectivity index (χ1v) is 16.3. The first-order valence-electron chi connectivity index (χ1n) is 15.5. The molecule has 2 bridgehead atoms. The van der Waals surface area contributed by atoms with E-state index in [0.717, 1.165) is 57.3 Å². The van der Waals surface area contributed by atoms with E-state index in [4.69, 9.17) is 37.4 Å². The Labute approximate surface area is 275 Å². The molecule has 12 heteroatoms. The van der Waals surface area contributed by atoms with E-state index in [-0.39, 0.29) is 63.4 Å². The number of carboxylic acid groups (broad SMARTS) is 1. The summed E-state index contributed by atoms with van der Waals surface area (Å²) in [7, 11) is 0. The average Bonchev–Trinajstić information content (AvgIpc) is 3.61. The Morgan fingerprint density at radius 1 is 0.978 bits per heavy atom. The van der Waals surface area contributed by atoms with Gasteiger partial charge in [-0.2, -0.15) is 0 Å². The fraction of sp³-hybridized carbons (Fsp3) is 0.412. The summed E-state index contributed by atoms with van der Waals surface area (Å²) in [6, 6.07) is 11.7. The summed E-state index contributed by atoms with van der Waals surface area (Å²) in [5, 5.41) is 10.5. The molecule has 5 aliphatic rings. The van der Waals surface area contributed by atoms with Crippen LogP contribution in [0.15, 0.2) is 42.5 Å². The largest absolute Gasteiger partial charge is 0.478 e. The molecule has 9 nitrogen and oxygen atoms in total. The normalized spacial score (nSPS) is 22.9. The van der Waals surface area contributed by atoms with Crippen LogP contribution in [0.3, 0.4) is 0 Å². The third-order valence-electron chi connectivity index (χ3n) is 10.1. The summed E-state index contributed by atoms with van der Waals surface area (Å²) < 4.78 is 33.1. The van der Waals surface area contributed by atoms with Gasteiger partial charge in [0.1, 0.15) is 11.6 Å². The van der Waals surface area contributed by atoms with E-state index in [2.05, 4.69) is 9.80 Å². The van der Waals surface area contributed by atoms with Crippen molar-refractivity contribution < 1.29 is 33.3 Å². The summed E-state index contributed by atoms with van der Waals surface area (Å²) in [6.07, 6.45) is 2.81. The van der Waals surface area contributed by atoms with Crippen LogP contribution in [0, 0.1) is 11.2 Å². The fourth-order valence-electron chi connectivity index (χ4n) is 7.74. The van der Waals surface area contributed by atoms with Gasteiger partial charge in [0.25, 0.3) is 5.91 Å². The van der Waals surface area contributed by atoms with Gasteiger partial charge in [0, 0.05) is 47.5 Å². The van der Waals surface area contributed by atoms with Crippen LogP contribution >= 0.6 is 23.2 Å². The van der Waals surface area contributed by atoms with Gasteiger partial charge in [-0.3, -0.25) is 4.79 Å². The second kappa shape index (κ2) is 11.3. The fourth-order valence-corrected chi connectivity index (χ4v) is 8.38. The monoisotopic (exact) mass is 667 g/mol. The van der Waals surface area contributed by atoms with Gasteiger partial charge in [0.15, 0.2) is 6.73 Å². The highest BCUT2D eigenvalue weighted by atomic mass is 35.5. The zero-order chi connectivity index (χ0) is 31.7. The SMILES string of the molecule is O=C(O)c1cc(F)c(-c2cccc3c2OCN(C(=O)c2c(Cl)cc(N4CC5(CCOC5)C4)cc2Cl)C3)cc1N1C2CCC1COC2. The Morgan fingerprint density at radius 3 is 2.39 bits per heavy atom.